The molecular formula is C37H41N7O4. The van der Waals surface area contributed by atoms with Gasteiger partial charge in [-0.2, -0.15) is 20.0 Å². The third-order valence-electron chi connectivity index (χ3n) is 9.29. The maximum atomic E-state index is 12.8. The van der Waals surface area contributed by atoms with Crippen LogP contribution in [0.3, 0.4) is 0 Å². The lowest BCUT2D eigenvalue weighted by atomic mass is 9.99. The molecule has 2 saturated heterocycles. The number of piperazine rings is 1. The summed E-state index contributed by atoms with van der Waals surface area (Å²) in [5.41, 5.74) is 4.93. The standard InChI is InChI=1S/C37H41N7O4/c1-3-28(2)43-27-40-44(36(43)45)33-11-9-31(10-12-33)41-19-21-42(22-20-41)32-13-15-34(16-14-32)46-25-35-26-47-37(48-35,30-7-5-4-6-8-30)23-29-17-18-38-39-24-29/h4-18,24,27-28,35H,3,19-23,25-26H2,1-2H3/t28?,35-,37+/m1/s1. The number of anilines is 2. The smallest absolute Gasteiger partial charge is 0.350 e. The molecule has 0 bridgehead atoms. The minimum absolute atomic E-state index is 0.108. The van der Waals surface area contributed by atoms with Crippen LogP contribution in [0.25, 0.3) is 5.69 Å². The number of hydrogen-bond acceptors (Lipinski definition) is 9. The predicted molar refractivity (Wildman–Crippen MR) is 184 cm³/mol. The van der Waals surface area contributed by atoms with Crippen LogP contribution in [0, 0.1) is 0 Å². The molecule has 11 heteroatoms. The van der Waals surface area contributed by atoms with Gasteiger partial charge in [0.1, 0.15) is 24.8 Å². The summed E-state index contributed by atoms with van der Waals surface area (Å²) < 4.78 is 22.2. The lowest BCUT2D eigenvalue weighted by Gasteiger charge is -2.37. The van der Waals surface area contributed by atoms with Crippen LogP contribution in [-0.2, 0) is 21.7 Å². The Morgan fingerprint density at radius 2 is 1.54 bits per heavy atom. The first-order chi connectivity index (χ1) is 23.5. The lowest BCUT2D eigenvalue weighted by Crippen LogP contribution is -2.46. The second kappa shape index (κ2) is 14.0. The van der Waals surface area contributed by atoms with Crippen molar-refractivity contribution in [1.29, 1.82) is 0 Å². The summed E-state index contributed by atoms with van der Waals surface area (Å²) in [5, 5.41) is 12.3. The summed E-state index contributed by atoms with van der Waals surface area (Å²) >= 11 is 0. The minimum Gasteiger partial charge on any atom is -0.491 e. The van der Waals surface area contributed by atoms with Crippen molar-refractivity contribution >= 4 is 11.4 Å². The van der Waals surface area contributed by atoms with Gasteiger partial charge in [-0.3, -0.25) is 4.57 Å². The van der Waals surface area contributed by atoms with E-state index >= 15 is 0 Å². The second-order valence-electron chi connectivity index (χ2n) is 12.4. The van der Waals surface area contributed by atoms with Crippen molar-refractivity contribution in [3.63, 3.8) is 0 Å². The fourth-order valence-electron chi connectivity index (χ4n) is 6.34. The highest BCUT2D eigenvalue weighted by molar-refractivity contribution is 5.54. The van der Waals surface area contributed by atoms with E-state index < -0.39 is 5.79 Å². The fourth-order valence-corrected chi connectivity index (χ4v) is 6.34. The first kappa shape index (κ1) is 31.6. The number of benzene rings is 3. The Morgan fingerprint density at radius 1 is 0.875 bits per heavy atom. The molecule has 0 amide bonds. The van der Waals surface area contributed by atoms with Crippen LogP contribution in [0.4, 0.5) is 11.4 Å². The first-order valence-electron chi connectivity index (χ1n) is 16.6. The minimum atomic E-state index is -0.900. The third kappa shape index (κ3) is 6.69. The Kier molecular flexibility index (Phi) is 9.22. The van der Waals surface area contributed by atoms with Crippen molar-refractivity contribution in [2.45, 2.75) is 44.6 Å². The number of nitrogens with zero attached hydrogens (tertiary/aromatic N) is 7. The van der Waals surface area contributed by atoms with Gasteiger partial charge < -0.3 is 24.0 Å². The molecule has 11 nitrogen and oxygen atoms in total. The quantitative estimate of drug-likeness (QED) is 0.196. The SMILES string of the molecule is CCC(C)n1cnn(-c2ccc(N3CCN(c4ccc(OC[C@@H]5CO[C@](Cc6ccnnc6)(c6ccccc6)O5)cc4)CC3)cc2)c1=O. The molecule has 248 valence electrons. The van der Waals surface area contributed by atoms with Gasteiger partial charge in [-0.25, -0.2) is 4.79 Å². The van der Waals surface area contributed by atoms with E-state index in [0.717, 1.165) is 60.9 Å². The van der Waals surface area contributed by atoms with Crippen LogP contribution >= 0.6 is 0 Å². The van der Waals surface area contributed by atoms with E-state index in [-0.39, 0.29) is 17.8 Å². The normalized spacial score (nSPS) is 20.2. The Balaban J connectivity index is 0.916. The van der Waals surface area contributed by atoms with Crippen molar-refractivity contribution in [3.8, 4) is 11.4 Å². The molecule has 5 aromatic rings. The van der Waals surface area contributed by atoms with E-state index in [1.165, 1.54) is 10.4 Å². The highest BCUT2D eigenvalue weighted by Crippen LogP contribution is 2.37. The van der Waals surface area contributed by atoms with Gasteiger partial charge in [0.25, 0.3) is 0 Å². The molecule has 2 aliphatic rings. The molecule has 0 radical (unpaired) electrons. The number of aromatic nitrogens is 5. The molecule has 2 fully saturated rings. The van der Waals surface area contributed by atoms with Crippen LogP contribution in [0.5, 0.6) is 5.75 Å². The molecule has 3 aromatic carbocycles. The summed E-state index contributed by atoms with van der Waals surface area (Å²) in [5.74, 6) is -0.104. The predicted octanol–water partition coefficient (Wildman–Crippen LogP) is 5.01. The van der Waals surface area contributed by atoms with E-state index in [9.17, 15) is 4.79 Å². The Hall–Kier alpha value is -5.00. The van der Waals surface area contributed by atoms with Crippen molar-refractivity contribution in [1.82, 2.24) is 24.5 Å². The zero-order chi connectivity index (χ0) is 32.9. The van der Waals surface area contributed by atoms with Gasteiger partial charge in [-0.1, -0.05) is 37.3 Å². The number of hydrogen-bond donors (Lipinski definition) is 0. The molecular weight excluding hydrogens is 606 g/mol. The summed E-state index contributed by atoms with van der Waals surface area (Å²) in [6, 6.07) is 28.5. The van der Waals surface area contributed by atoms with E-state index in [0.29, 0.717) is 19.6 Å². The van der Waals surface area contributed by atoms with Crippen molar-refractivity contribution in [3.05, 3.63) is 125 Å². The largest absolute Gasteiger partial charge is 0.491 e. The van der Waals surface area contributed by atoms with Gasteiger partial charge in [0.05, 0.1) is 18.5 Å². The average Bonchev–Trinajstić information content (AvgIpc) is 3.75. The molecule has 7 rings (SSSR count). The van der Waals surface area contributed by atoms with E-state index in [2.05, 4.69) is 56.3 Å². The van der Waals surface area contributed by atoms with Gasteiger partial charge in [0.2, 0.25) is 0 Å². The van der Waals surface area contributed by atoms with Crippen LogP contribution in [0.1, 0.15) is 37.4 Å². The second-order valence-corrected chi connectivity index (χ2v) is 12.4. The van der Waals surface area contributed by atoms with E-state index in [1.807, 2.05) is 67.6 Å². The van der Waals surface area contributed by atoms with Crippen molar-refractivity contribution in [2.24, 2.45) is 0 Å². The topological polar surface area (TPSA) is 99.8 Å². The third-order valence-corrected chi connectivity index (χ3v) is 9.29. The number of rotatable bonds is 11. The average molecular weight is 648 g/mol. The fraction of sp³-hybridized carbons (Fsp3) is 0.351. The Labute approximate surface area is 280 Å². The summed E-state index contributed by atoms with van der Waals surface area (Å²) in [6.45, 7) is 8.52. The van der Waals surface area contributed by atoms with Crippen LogP contribution in [-0.4, -0.2) is 70.0 Å². The maximum absolute atomic E-state index is 12.8. The zero-order valence-electron chi connectivity index (χ0n) is 27.4. The van der Waals surface area contributed by atoms with Gasteiger partial charge in [-0.15, -0.1) is 0 Å². The zero-order valence-corrected chi connectivity index (χ0v) is 27.4. The lowest BCUT2D eigenvalue weighted by molar-refractivity contribution is -0.178. The van der Waals surface area contributed by atoms with Crippen molar-refractivity contribution < 1.29 is 14.2 Å². The van der Waals surface area contributed by atoms with Gasteiger partial charge in [0, 0.05) is 61.8 Å². The molecule has 2 aliphatic heterocycles. The number of ether oxygens (including phenoxy) is 3. The molecule has 2 aromatic heterocycles. The molecule has 0 N–H and O–H groups in total. The van der Waals surface area contributed by atoms with Gasteiger partial charge >= 0.3 is 5.69 Å². The van der Waals surface area contributed by atoms with Gasteiger partial charge in [-0.05, 0) is 73.5 Å². The molecule has 48 heavy (non-hydrogen) atoms. The molecule has 1 unspecified atom stereocenters. The molecule has 3 atom stereocenters. The van der Waals surface area contributed by atoms with E-state index in [4.69, 9.17) is 14.2 Å². The van der Waals surface area contributed by atoms with Crippen molar-refractivity contribution in [2.75, 3.05) is 49.2 Å². The van der Waals surface area contributed by atoms with Crippen LogP contribution < -0.4 is 20.2 Å². The molecule has 0 spiro atoms. The monoisotopic (exact) mass is 647 g/mol. The highest BCUT2D eigenvalue weighted by atomic mass is 16.8. The molecule has 4 heterocycles. The van der Waals surface area contributed by atoms with Gasteiger partial charge in [0.15, 0.2) is 5.79 Å². The van der Waals surface area contributed by atoms with E-state index in [1.54, 1.807) is 23.3 Å². The Bertz CT molecular complexity index is 1820. The Morgan fingerprint density at radius 3 is 2.19 bits per heavy atom. The summed E-state index contributed by atoms with van der Waals surface area (Å²) in [7, 11) is 0. The molecule has 0 saturated carbocycles. The maximum Gasteiger partial charge on any atom is 0.350 e. The van der Waals surface area contributed by atoms with Crippen LogP contribution in [0.15, 0.2) is 108 Å². The molecule has 0 aliphatic carbocycles. The summed E-state index contributed by atoms with van der Waals surface area (Å²) in [6.07, 6.45) is 6.25. The summed E-state index contributed by atoms with van der Waals surface area (Å²) in [4.78, 5) is 17.6. The highest BCUT2D eigenvalue weighted by Gasteiger charge is 2.43. The van der Waals surface area contributed by atoms with Crippen LogP contribution in [0.2, 0.25) is 0 Å². The first-order valence-corrected chi connectivity index (χ1v) is 16.6.